The molecule has 1 aliphatic heterocycles. The fraction of sp³-hybridized carbons (Fsp3) is 1.00. The van der Waals surface area contributed by atoms with Crippen LogP contribution in [0.5, 0.6) is 0 Å². The maximum atomic E-state index is 9.56. The van der Waals surface area contributed by atoms with Crippen molar-refractivity contribution in [2.24, 2.45) is 5.41 Å². The summed E-state index contributed by atoms with van der Waals surface area (Å²) in [6.45, 7) is 10.1. The smallest absolute Gasteiger partial charge is 0.0599 e. The third kappa shape index (κ3) is 4.92. The molecule has 0 aromatic carbocycles. The Morgan fingerprint density at radius 1 is 1.29 bits per heavy atom. The monoisotopic (exact) mass is 243 g/mol. The predicted octanol–water partition coefficient (Wildman–Crippen LogP) is 0.183. The van der Waals surface area contributed by atoms with Crippen molar-refractivity contribution in [3.05, 3.63) is 0 Å². The molecule has 1 unspecified atom stereocenters. The molecule has 4 heteroatoms. The molecule has 1 fully saturated rings. The number of hydrogen-bond donors (Lipinski definition) is 1. The minimum Gasteiger partial charge on any atom is -0.395 e. The van der Waals surface area contributed by atoms with E-state index >= 15 is 0 Å². The summed E-state index contributed by atoms with van der Waals surface area (Å²) in [6, 6.07) is 0.279. The van der Waals surface area contributed by atoms with Gasteiger partial charge in [-0.05, 0) is 26.6 Å². The van der Waals surface area contributed by atoms with Crippen LogP contribution >= 0.6 is 0 Å². The minimum atomic E-state index is 0.258. The normalized spacial score (nSPS) is 27.4. The van der Waals surface area contributed by atoms with Gasteiger partial charge in [0.05, 0.1) is 6.61 Å². The maximum absolute atomic E-state index is 9.56. The molecule has 1 atom stereocenters. The summed E-state index contributed by atoms with van der Waals surface area (Å²) >= 11 is 0. The molecule has 0 aliphatic carbocycles. The molecule has 1 saturated heterocycles. The zero-order valence-electron chi connectivity index (χ0n) is 12.1. The third-order valence-corrected chi connectivity index (χ3v) is 3.41. The molecule has 0 amide bonds. The van der Waals surface area contributed by atoms with Crippen LogP contribution in [0.4, 0.5) is 0 Å². The van der Waals surface area contributed by atoms with E-state index in [9.17, 15) is 5.11 Å². The molecule has 1 N–H and O–H groups in total. The van der Waals surface area contributed by atoms with E-state index in [4.69, 9.17) is 0 Å². The Labute approximate surface area is 106 Å². The summed E-state index contributed by atoms with van der Waals surface area (Å²) in [5.41, 5.74) is 0.297. The van der Waals surface area contributed by atoms with Gasteiger partial charge in [-0.1, -0.05) is 13.8 Å². The minimum absolute atomic E-state index is 0.258. The zero-order valence-corrected chi connectivity index (χ0v) is 12.1. The average molecular weight is 243 g/mol. The van der Waals surface area contributed by atoms with Crippen LogP contribution in [0.25, 0.3) is 0 Å². The summed E-state index contributed by atoms with van der Waals surface area (Å²) in [5, 5.41) is 9.56. The van der Waals surface area contributed by atoms with Gasteiger partial charge in [-0.2, -0.15) is 0 Å². The first-order chi connectivity index (χ1) is 7.84. The molecule has 102 valence electrons. The summed E-state index contributed by atoms with van der Waals surface area (Å²) < 4.78 is 0. The number of nitrogens with zero attached hydrogens (tertiary/aromatic N) is 3. The molecule has 17 heavy (non-hydrogen) atoms. The largest absolute Gasteiger partial charge is 0.395 e. The van der Waals surface area contributed by atoms with Crippen molar-refractivity contribution in [1.82, 2.24) is 14.7 Å². The van der Waals surface area contributed by atoms with Gasteiger partial charge >= 0.3 is 0 Å². The van der Waals surface area contributed by atoms with E-state index in [0.717, 1.165) is 32.7 Å². The second-order valence-corrected chi connectivity index (χ2v) is 6.47. The van der Waals surface area contributed by atoms with E-state index in [-0.39, 0.29) is 12.6 Å². The standard InChI is InChI=1S/C13H29N3O/c1-13(2)10-15(5)8-12(9-17)16(11-13)7-6-14(3)4/h12,17H,6-11H2,1-5H3. The number of hydrogen-bond acceptors (Lipinski definition) is 4. The van der Waals surface area contributed by atoms with Crippen LogP contribution in [-0.2, 0) is 0 Å². The molecule has 1 heterocycles. The lowest BCUT2D eigenvalue weighted by Gasteiger charge is -2.33. The van der Waals surface area contributed by atoms with Gasteiger partial charge in [-0.15, -0.1) is 0 Å². The summed E-state index contributed by atoms with van der Waals surface area (Å²) in [5.74, 6) is 0. The Morgan fingerprint density at radius 2 is 1.94 bits per heavy atom. The van der Waals surface area contributed by atoms with Gasteiger partial charge < -0.3 is 14.9 Å². The molecule has 4 nitrogen and oxygen atoms in total. The summed E-state index contributed by atoms with van der Waals surface area (Å²) in [7, 11) is 6.35. The van der Waals surface area contributed by atoms with Crippen LogP contribution in [0.15, 0.2) is 0 Å². The highest BCUT2D eigenvalue weighted by Crippen LogP contribution is 2.23. The van der Waals surface area contributed by atoms with Crippen LogP contribution in [0.2, 0.25) is 0 Å². The highest BCUT2D eigenvalue weighted by atomic mass is 16.3. The quantitative estimate of drug-likeness (QED) is 0.763. The van der Waals surface area contributed by atoms with Gasteiger partial charge in [-0.3, -0.25) is 4.90 Å². The molecule has 1 aliphatic rings. The van der Waals surface area contributed by atoms with Crippen LogP contribution < -0.4 is 0 Å². The van der Waals surface area contributed by atoms with Crippen molar-refractivity contribution >= 4 is 0 Å². The van der Waals surface area contributed by atoms with Crippen molar-refractivity contribution < 1.29 is 5.11 Å². The van der Waals surface area contributed by atoms with E-state index < -0.39 is 0 Å². The van der Waals surface area contributed by atoms with Gasteiger partial charge in [0.2, 0.25) is 0 Å². The van der Waals surface area contributed by atoms with Crippen molar-refractivity contribution in [2.75, 3.05) is 60.5 Å². The second-order valence-electron chi connectivity index (χ2n) is 6.47. The molecular weight excluding hydrogens is 214 g/mol. The molecular formula is C13H29N3O. The Kier molecular flexibility index (Phi) is 5.38. The van der Waals surface area contributed by atoms with Crippen molar-refractivity contribution in [3.63, 3.8) is 0 Å². The van der Waals surface area contributed by atoms with Gasteiger partial charge in [-0.25, -0.2) is 0 Å². The number of aliphatic hydroxyl groups excluding tert-OH is 1. The van der Waals surface area contributed by atoms with E-state index in [1.165, 1.54) is 0 Å². The molecule has 0 spiro atoms. The number of rotatable bonds is 4. The number of aliphatic hydroxyl groups is 1. The van der Waals surface area contributed by atoms with Gasteiger partial charge in [0.25, 0.3) is 0 Å². The first-order valence-electron chi connectivity index (χ1n) is 6.52. The molecule has 0 aromatic heterocycles. The fourth-order valence-electron chi connectivity index (χ4n) is 2.76. The van der Waals surface area contributed by atoms with Gasteiger partial charge in [0.15, 0.2) is 0 Å². The van der Waals surface area contributed by atoms with E-state index in [1.54, 1.807) is 0 Å². The molecule has 0 saturated carbocycles. The Balaban J connectivity index is 2.67. The molecule has 0 radical (unpaired) electrons. The maximum Gasteiger partial charge on any atom is 0.0599 e. The van der Waals surface area contributed by atoms with Crippen molar-refractivity contribution in [1.29, 1.82) is 0 Å². The van der Waals surface area contributed by atoms with E-state index in [2.05, 4.69) is 49.7 Å². The molecule has 0 aromatic rings. The Hall–Kier alpha value is -0.160. The number of likely N-dealkylation sites (N-methyl/N-ethyl adjacent to an activating group) is 2. The first kappa shape index (κ1) is 14.9. The van der Waals surface area contributed by atoms with E-state index in [1.807, 2.05) is 0 Å². The van der Waals surface area contributed by atoms with Crippen molar-refractivity contribution in [2.45, 2.75) is 19.9 Å². The molecule has 1 rings (SSSR count). The lowest BCUT2D eigenvalue weighted by Crippen LogP contribution is -2.46. The Morgan fingerprint density at radius 3 is 2.47 bits per heavy atom. The summed E-state index contributed by atoms with van der Waals surface area (Å²) in [6.07, 6.45) is 0. The third-order valence-electron chi connectivity index (χ3n) is 3.41. The second kappa shape index (κ2) is 6.14. The van der Waals surface area contributed by atoms with Crippen LogP contribution in [-0.4, -0.2) is 86.3 Å². The summed E-state index contributed by atoms with van der Waals surface area (Å²) in [4.78, 5) is 7.00. The van der Waals surface area contributed by atoms with Gasteiger partial charge in [0.1, 0.15) is 0 Å². The zero-order chi connectivity index (χ0) is 13.1. The predicted molar refractivity (Wildman–Crippen MR) is 72.3 cm³/mol. The van der Waals surface area contributed by atoms with Crippen LogP contribution in [0.1, 0.15) is 13.8 Å². The van der Waals surface area contributed by atoms with Crippen LogP contribution in [0.3, 0.4) is 0 Å². The average Bonchev–Trinajstić information content (AvgIpc) is 2.30. The molecule has 0 bridgehead atoms. The van der Waals surface area contributed by atoms with Crippen LogP contribution in [0, 0.1) is 5.41 Å². The SMILES string of the molecule is CN(C)CCN1CC(C)(C)CN(C)CC1CO. The lowest BCUT2D eigenvalue weighted by atomic mass is 9.92. The first-order valence-corrected chi connectivity index (χ1v) is 6.52. The highest BCUT2D eigenvalue weighted by molar-refractivity contribution is 4.87. The van der Waals surface area contributed by atoms with Crippen molar-refractivity contribution in [3.8, 4) is 0 Å². The highest BCUT2D eigenvalue weighted by Gasteiger charge is 2.32. The Bertz CT molecular complexity index is 231. The van der Waals surface area contributed by atoms with E-state index in [0.29, 0.717) is 5.41 Å². The fourth-order valence-corrected chi connectivity index (χ4v) is 2.76. The lowest BCUT2D eigenvalue weighted by molar-refractivity contribution is 0.0975. The topological polar surface area (TPSA) is 30.0 Å². The van der Waals surface area contributed by atoms with Gasteiger partial charge in [0, 0.05) is 38.8 Å².